The molecule has 0 spiro atoms. The zero-order chi connectivity index (χ0) is 23.8. The standard InChI is InChI=1S/C6H12N2O2.C6H11NO3.C6H13NO.CH3NO.3CH4/c1-10-8-4-2-3-5(8)6(7)9;1-10-7-4-2-3-5(7)6(8)9;1-6-4-3-5-7(6)8-2;2-1-3;;;/h5H,2-4H2,1H3,(H2,7,9);5H,2-4H2,1H3,(H,8,9);6H,3-5H2,1-2H3;1H,(H2,2,3);3*1H4. The van der Waals surface area contributed by atoms with Crippen LogP contribution in [0.25, 0.3) is 0 Å². The van der Waals surface area contributed by atoms with Crippen molar-refractivity contribution in [3.05, 3.63) is 0 Å². The predicted octanol–water partition coefficient (Wildman–Crippen LogP) is 1.64. The lowest BCUT2D eigenvalue weighted by atomic mass is 10.2. The summed E-state index contributed by atoms with van der Waals surface area (Å²) >= 11 is 0. The van der Waals surface area contributed by atoms with E-state index in [0.717, 1.165) is 38.9 Å². The Morgan fingerprint density at radius 3 is 1.41 bits per heavy atom. The molecule has 206 valence electrons. The Morgan fingerprint density at radius 2 is 1.18 bits per heavy atom. The van der Waals surface area contributed by atoms with Gasteiger partial charge in [0.15, 0.2) is 0 Å². The summed E-state index contributed by atoms with van der Waals surface area (Å²) in [6.07, 6.45) is 6.24. The van der Waals surface area contributed by atoms with E-state index < -0.39 is 12.0 Å². The highest BCUT2D eigenvalue weighted by atomic mass is 16.7. The molecule has 3 rings (SSSR count). The number of primary amides is 2. The van der Waals surface area contributed by atoms with Gasteiger partial charge < -0.3 is 31.1 Å². The summed E-state index contributed by atoms with van der Waals surface area (Å²) in [6, 6.07) is 0.00926. The monoisotopic (exact) mass is 497 g/mol. The van der Waals surface area contributed by atoms with E-state index in [4.69, 9.17) is 30.1 Å². The number of amides is 2. The first-order valence-electron chi connectivity index (χ1n) is 10.4. The fraction of sp³-hybridized carbons (Fsp3) is 0.864. The second kappa shape index (κ2) is 22.9. The Kier molecular flexibility index (Phi) is 26.6. The lowest BCUT2D eigenvalue weighted by Crippen LogP contribution is -2.39. The minimum Gasteiger partial charge on any atom is -0.480 e. The molecule has 3 aliphatic rings. The molecule has 0 aromatic heterocycles. The molecule has 0 aliphatic carbocycles. The van der Waals surface area contributed by atoms with Crippen LogP contribution in [0.4, 0.5) is 0 Å². The average Bonchev–Trinajstić information content (AvgIpc) is 3.49. The smallest absolute Gasteiger partial charge is 0.323 e. The van der Waals surface area contributed by atoms with Crippen molar-refractivity contribution < 1.29 is 34.0 Å². The highest BCUT2D eigenvalue weighted by Crippen LogP contribution is 2.17. The van der Waals surface area contributed by atoms with Crippen LogP contribution in [0.2, 0.25) is 0 Å². The summed E-state index contributed by atoms with van der Waals surface area (Å²) in [5.74, 6) is -1.08. The second-order valence-electron chi connectivity index (χ2n) is 7.15. The zero-order valence-electron chi connectivity index (χ0n) is 19.1. The average molecular weight is 498 g/mol. The van der Waals surface area contributed by atoms with Crippen molar-refractivity contribution in [1.29, 1.82) is 0 Å². The number of rotatable bonds is 5. The number of carbonyl (C=O) groups excluding carboxylic acids is 2. The highest BCUT2D eigenvalue weighted by molar-refractivity contribution is 5.79. The molecule has 3 atom stereocenters. The highest BCUT2D eigenvalue weighted by Gasteiger charge is 2.30. The van der Waals surface area contributed by atoms with Gasteiger partial charge in [0.25, 0.3) is 0 Å². The van der Waals surface area contributed by atoms with E-state index >= 15 is 0 Å². The Morgan fingerprint density at radius 1 is 0.824 bits per heavy atom. The quantitative estimate of drug-likeness (QED) is 0.476. The Bertz CT molecular complexity index is 496. The molecule has 0 aromatic carbocycles. The van der Waals surface area contributed by atoms with E-state index in [1.807, 2.05) is 5.06 Å². The summed E-state index contributed by atoms with van der Waals surface area (Å²) in [4.78, 5) is 44.5. The van der Waals surface area contributed by atoms with Crippen LogP contribution in [-0.2, 0) is 28.9 Å². The first kappa shape index (κ1) is 39.4. The third-order valence-electron chi connectivity index (χ3n) is 5.22. The summed E-state index contributed by atoms with van der Waals surface area (Å²) in [5, 5.41) is 13.8. The maximum Gasteiger partial charge on any atom is 0.323 e. The van der Waals surface area contributed by atoms with Gasteiger partial charge in [-0.05, 0) is 45.4 Å². The Hall–Kier alpha value is -1.83. The SMILES string of the molecule is C.C.C.CON1CCCC1C.CON1CCCC1C(=O)O.CON1CCCC1C(N)=O.NC=O. The van der Waals surface area contributed by atoms with Crippen LogP contribution in [0.1, 0.15) is 67.7 Å². The van der Waals surface area contributed by atoms with Crippen molar-refractivity contribution in [2.75, 3.05) is 41.0 Å². The number of aliphatic carboxylic acids is 1. The topological polar surface area (TPSA) is 161 Å². The molecule has 12 nitrogen and oxygen atoms in total. The van der Waals surface area contributed by atoms with Crippen LogP contribution in [0, 0.1) is 0 Å². The number of nitrogens with zero attached hydrogens (tertiary/aromatic N) is 3. The van der Waals surface area contributed by atoms with Gasteiger partial charge in [-0.2, -0.15) is 15.2 Å². The maximum atomic E-state index is 10.7. The van der Waals surface area contributed by atoms with Gasteiger partial charge >= 0.3 is 5.97 Å². The number of nitrogens with two attached hydrogens (primary N) is 2. The molecule has 3 heterocycles. The van der Waals surface area contributed by atoms with E-state index in [-0.39, 0.29) is 40.6 Å². The Balaban J connectivity index is -0.000000181. The van der Waals surface area contributed by atoms with Gasteiger partial charge in [-0.3, -0.25) is 14.4 Å². The summed E-state index contributed by atoms with van der Waals surface area (Å²) in [5.41, 5.74) is 9.27. The molecule has 12 heteroatoms. The fourth-order valence-electron chi connectivity index (χ4n) is 3.63. The van der Waals surface area contributed by atoms with Gasteiger partial charge in [-0.15, -0.1) is 0 Å². The molecule has 34 heavy (non-hydrogen) atoms. The molecule has 5 N–H and O–H groups in total. The molecule has 0 aromatic rings. The maximum absolute atomic E-state index is 10.7. The van der Waals surface area contributed by atoms with Crippen molar-refractivity contribution in [2.24, 2.45) is 11.5 Å². The van der Waals surface area contributed by atoms with Gasteiger partial charge in [0.2, 0.25) is 12.3 Å². The van der Waals surface area contributed by atoms with Crippen molar-refractivity contribution >= 4 is 18.3 Å². The van der Waals surface area contributed by atoms with E-state index in [9.17, 15) is 9.59 Å². The van der Waals surface area contributed by atoms with E-state index in [0.29, 0.717) is 12.5 Å². The molecule has 3 aliphatic heterocycles. The van der Waals surface area contributed by atoms with E-state index in [1.54, 1.807) is 19.3 Å². The fourth-order valence-corrected chi connectivity index (χ4v) is 3.63. The van der Waals surface area contributed by atoms with Crippen molar-refractivity contribution in [1.82, 2.24) is 15.2 Å². The number of carboxylic acid groups (broad SMARTS) is 1. The second-order valence-corrected chi connectivity index (χ2v) is 7.15. The number of carboxylic acids is 1. The summed E-state index contributed by atoms with van der Waals surface area (Å²) < 4.78 is 0. The van der Waals surface area contributed by atoms with Crippen LogP contribution in [-0.4, -0.2) is 97.7 Å². The number of carbonyl (C=O) groups is 3. The normalized spacial score (nSPS) is 23.7. The number of hydroxylamine groups is 6. The molecular formula is C22H51N5O7. The van der Waals surface area contributed by atoms with Crippen LogP contribution in [0.5, 0.6) is 0 Å². The zero-order valence-corrected chi connectivity index (χ0v) is 19.1. The summed E-state index contributed by atoms with van der Waals surface area (Å²) in [7, 11) is 4.80. The lowest BCUT2D eigenvalue weighted by Gasteiger charge is -2.17. The van der Waals surface area contributed by atoms with E-state index in [2.05, 4.69) is 12.7 Å². The van der Waals surface area contributed by atoms with Gasteiger partial charge in [0.05, 0.1) is 21.3 Å². The lowest BCUT2D eigenvalue weighted by molar-refractivity contribution is -0.172. The van der Waals surface area contributed by atoms with Crippen LogP contribution < -0.4 is 11.5 Å². The van der Waals surface area contributed by atoms with Gasteiger partial charge in [0, 0.05) is 25.7 Å². The molecule has 0 saturated carbocycles. The largest absolute Gasteiger partial charge is 0.480 e. The first-order chi connectivity index (χ1) is 14.8. The van der Waals surface area contributed by atoms with Crippen LogP contribution in [0.15, 0.2) is 0 Å². The van der Waals surface area contributed by atoms with Gasteiger partial charge in [-0.1, -0.05) is 22.3 Å². The molecular weight excluding hydrogens is 446 g/mol. The molecule has 3 saturated heterocycles. The number of hydrogen-bond donors (Lipinski definition) is 3. The van der Waals surface area contributed by atoms with Gasteiger partial charge in [0.1, 0.15) is 12.1 Å². The predicted molar refractivity (Wildman–Crippen MR) is 133 cm³/mol. The van der Waals surface area contributed by atoms with Crippen LogP contribution in [0.3, 0.4) is 0 Å². The molecule has 0 radical (unpaired) electrons. The van der Waals surface area contributed by atoms with E-state index in [1.165, 1.54) is 25.0 Å². The molecule has 3 fully saturated rings. The molecule has 2 amide bonds. The van der Waals surface area contributed by atoms with Crippen molar-refractivity contribution in [3.8, 4) is 0 Å². The molecule has 3 unspecified atom stereocenters. The molecule has 0 bridgehead atoms. The minimum atomic E-state index is -0.792. The minimum absolute atomic E-state index is 0. The van der Waals surface area contributed by atoms with Crippen LogP contribution >= 0.6 is 0 Å². The van der Waals surface area contributed by atoms with Gasteiger partial charge in [-0.25, -0.2) is 0 Å². The van der Waals surface area contributed by atoms with Crippen molar-refractivity contribution in [3.63, 3.8) is 0 Å². The first-order valence-corrected chi connectivity index (χ1v) is 10.4. The third-order valence-corrected chi connectivity index (χ3v) is 5.22. The number of hydrogen-bond acceptors (Lipinski definition) is 9. The van der Waals surface area contributed by atoms with Crippen molar-refractivity contribution in [2.45, 2.75) is 85.9 Å². The third kappa shape index (κ3) is 14.4. The summed E-state index contributed by atoms with van der Waals surface area (Å²) in [6.45, 7) is 4.84. The Labute approximate surface area is 206 Å².